The second-order valence-electron chi connectivity index (χ2n) is 4.36. The SMILES string of the molecule is CCOC(=O)c1cccnc1Oc1ccc(CCN)cc1. The summed E-state index contributed by atoms with van der Waals surface area (Å²) < 4.78 is 10.7. The zero-order valence-electron chi connectivity index (χ0n) is 11.9. The lowest BCUT2D eigenvalue weighted by Gasteiger charge is -2.09. The third kappa shape index (κ3) is 4.03. The van der Waals surface area contributed by atoms with Crippen LogP contribution in [0, 0.1) is 0 Å². The molecule has 0 bridgehead atoms. The third-order valence-corrected chi connectivity index (χ3v) is 2.84. The van der Waals surface area contributed by atoms with E-state index in [1.165, 1.54) is 0 Å². The van der Waals surface area contributed by atoms with Gasteiger partial charge in [-0.25, -0.2) is 9.78 Å². The minimum atomic E-state index is -0.444. The number of nitrogens with two attached hydrogens (primary N) is 1. The van der Waals surface area contributed by atoms with E-state index in [4.69, 9.17) is 15.2 Å². The molecule has 0 amide bonds. The van der Waals surface area contributed by atoms with Crippen LogP contribution >= 0.6 is 0 Å². The summed E-state index contributed by atoms with van der Waals surface area (Å²) >= 11 is 0. The number of benzene rings is 1. The lowest BCUT2D eigenvalue weighted by molar-refractivity contribution is 0.0522. The molecule has 0 fully saturated rings. The third-order valence-electron chi connectivity index (χ3n) is 2.84. The highest BCUT2D eigenvalue weighted by Gasteiger charge is 2.15. The minimum absolute atomic E-state index is 0.238. The van der Waals surface area contributed by atoms with Crippen molar-refractivity contribution in [1.82, 2.24) is 4.98 Å². The van der Waals surface area contributed by atoms with Crippen molar-refractivity contribution in [2.24, 2.45) is 5.73 Å². The molecule has 0 unspecified atom stereocenters. The van der Waals surface area contributed by atoms with Gasteiger partial charge in [0.15, 0.2) is 0 Å². The molecule has 0 atom stereocenters. The number of carbonyl (C=O) groups excluding carboxylic acids is 1. The molecule has 1 aromatic heterocycles. The Labute approximate surface area is 123 Å². The summed E-state index contributed by atoms with van der Waals surface area (Å²) in [5.74, 6) is 0.405. The van der Waals surface area contributed by atoms with Gasteiger partial charge in [0, 0.05) is 6.20 Å². The van der Waals surface area contributed by atoms with Gasteiger partial charge in [-0.15, -0.1) is 0 Å². The zero-order valence-corrected chi connectivity index (χ0v) is 11.9. The fourth-order valence-electron chi connectivity index (χ4n) is 1.84. The molecular weight excluding hydrogens is 268 g/mol. The largest absolute Gasteiger partial charge is 0.462 e. The molecule has 0 saturated heterocycles. The van der Waals surface area contributed by atoms with Gasteiger partial charge < -0.3 is 15.2 Å². The van der Waals surface area contributed by atoms with Gasteiger partial charge in [-0.2, -0.15) is 0 Å². The van der Waals surface area contributed by atoms with Crippen LogP contribution < -0.4 is 10.5 Å². The number of pyridine rings is 1. The number of nitrogens with zero attached hydrogens (tertiary/aromatic N) is 1. The van der Waals surface area contributed by atoms with Crippen molar-refractivity contribution in [2.45, 2.75) is 13.3 Å². The quantitative estimate of drug-likeness (QED) is 0.826. The maximum absolute atomic E-state index is 11.8. The highest BCUT2D eigenvalue weighted by molar-refractivity contribution is 5.91. The van der Waals surface area contributed by atoms with Gasteiger partial charge in [-0.3, -0.25) is 0 Å². The predicted octanol–water partition coefficient (Wildman–Crippen LogP) is 2.55. The Bertz CT molecular complexity index is 597. The van der Waals surface area contributed by atoms with Crippen molar-refractivity contribution in [2.75, 3.05) is 13.2 Å². The number of hydrogen-bond donors (Lipinski definition) is 1. The van der Waals surface area contributed by atoms with E-state index in [1.807, 2.05) is 24.3 Å². The molecule has 0 aliphatic carbocycles. The highest BCUT2D eigenvalue weighted by atomic mass is 16.5. The zero-order chi connectivity index (χ0) is 15.1. The van der Waals surface area contributed by atoms with Crippen LogP contribution in [-0.2, 0) is 11.2 Å². The van der Waals surface area contributed by atoms with Gasteiger partial charge in [0.2, 0.25) is 5.88 Å². The van der Waals surface area contributed by atoms with E-state index in [-0.39, 0.29) is 5.88 Å². The first-order chi connectivity index (χ1) is 10.2. The summed E-state index contributed by atoms with van der Waals surface area (Å²) in [6.45, 7) is 2.67. The van der Waals surface area contributed by atoms with Gasteiger partial charge >= 0.3 is 5.97 Å². The normalized spacial score (nSPS) is 10.2. The van der Waals surface area contributed by atoms with Crippen LogP contribution in [0.3, 0.4) is 0 Å². The van der Waals surface area contributed by atoms with E-state index in [0.29, 0.717) is 24.5 Å². The smallest absolute Gasteiger partial charge is 0.343 e. The van der Waals surface area contributed by atoms with Gasteiger partial charge in [0.05, 0.1) is 6.61 Å². The van der Waals surface area contributed by atoms with E-state index in [9.17, 15) is 4.79 Å². The van der Waals surface area contributed by atoms with Crippen LogP contribution in [-0.4, -0.2) is 24.1 Å². The number of esters is 1. The molecule has 2 N–H and O–H groups in total. The number of carbonyl (C=O) groups is 1. The molecule has 110 valence electrons. The summed E-state index contributed by atoms with van der Waals surface area (Å²) in [4.78, 5) is 15.9. The Balaban J connectivity index is 2.17. The van der Waals surface area contributed by atoms with Crippen LogP contribution in [0.5, 0.6) is 11.6 Å². The van der Waals surface area contributed by atoms with Gasteiger partial charge in [0.1, 0.15) is 11.3 Å². The molecule has 0 aliphatic heterocycles. The van der Waals surface area contributed by atoms with Crippen molar-refractivity contribution in [3.63, 3.8) is 0 Å². The maximum atomic E-state index is 11.8. The van der Waals surface area contributed by atoms with E-state index >= 15 is 0 Å². The van der Waals surface area contributed by atoms with Crippen molar-refractivity contribution < 1.29 is 14.3 Å². The number of rotatable bonds is 6. The molecule has 21 heavy (non-hydrogen) atoms. The lowest BCUT2D eigenvalue weighted by Crippen LogP contribution is -2.07. The van der Waals surface area contributed by atoms with E-state index in [0.717, 1.165) is 12.0 Å². The molecule has 0 spiro atoms. The van der Waals surface area contributed by atoms with Crippen LogP contribution in [0.2, 0.25) is 0 Å². The van der Waals surface area contributed by atoms with E-state index in [2.05, 4.69) is 4.98 Å². The average Bonchev–Trinajstić information content (AvgIpc) is 2.50. The molecule has 1 aromatic carbocycles. The van der Waals surface area contributed by atoms with Gasteiger partial charge in [-0.1, -0.05) is 12.1 Å². The summed E-state index contributed by atoms with van der Waals surface area (Å²) in [5.41, 5.74) is 6.96. The van der Waals surface area contributed by atoms with Crippen LogP contribution in [0.1, 0.15) is 22.8 Å². The second-order valence-corrected chi connectivity index (χ2v) is 4.36. The molecule has 0 aliphatic rings. The number of aromatic nitrogens is 1. The summed E-state index contributed by atoms with van der Waals surface area (Å²) in [7, 11) is 0. The predicted molar refractivity (Wildman–Crippen MR) is 79.5 cm³/mol. The van der Waals surface area contributed by atoms with Crippen molar-refractivity contribution in [1.29, 1.82) is 0 Å². The van der Waals surface area contributed by atoms with Gasteiger partial charge in [0.25, 0.3) is 0 Å². The molecule has 1 heterocycles. The first-order valence-electron chi connectivity index (χ1n) is 6.83. The molecule has 5 nitrogen and oxygen atoms in total. The fraction of sp³-hybridized carbons (Fsp3) is 0.250. The van der Waals surface area contributed by atoms with Crippen molar-refractivity contribution in [3.05, 3.63) is 53.7 Å². The highest BCUT2D eigenvalue weighted by Crippen LogP contribution is 2.23. The van der Waals surface area contributed by atoms with Crippen LogP contribution in [0.25, 0.3) is 0 Å². The Kier molecular flexibility index (Phi) is 5.29. The van der Waals surface area contributed by atoms with Crippen LogP contribution in [0.15, 0.2) is 42.6 Å². The lowest BCUT2D eigenvalue weighted by atomic mass is 10.1. The Hall–Kier alpha value is -2.40. The Morgan fingerprint density at radius 3 is 2.67 bits per heavy atom. The van der Waals surface area contributed by atoms with E-state index < -0.39 is 5.97 Å². The van der Waals surface area contributed by atoms with Crippen molar-refractivity contribution >= 4 is 5.97 Å². The Morgan fingerprint density at radius 1 is 1.24 bits per heavy atom. The molecular formula is C16H18N2O3. The number of hydrogen-bond acceptors (Lipinski definition) is 5. The maximum Gasteiger partial charge on any atom is 0.343 e. The van der Waals surface area contributed by atoms with Crippen LogP contribution in [0.4, 0.5) is 0 Å². The van der Waals surface area contributed by atoms with E-state index in [1.54, 1.807) is 25.3 Å². The summed E-state index contributed by atoms with van der Waals surface area (Å²) in [6.07, 6.45) is 2.39. The first kappa shape index (κ1) is 15.0. The summed E-state index contributed by atoms with van der Waals surface area (Å²) in [5, 5.41) is 0. The first-order valence-corrected chi connectivity index (χ1v) is 6.83. The fourth-order valence-corrected chi connectivity index (χ4v) is 1.84. The second kappa shape index (κ2) is 7.40. The molecule has 2 rings (SSSR count). The molecule has 5 heteroatoms. The minimum Gasteiger partial charge on any atom is -0.462 e. The number of ether oxygens (including phenoxy) is 2. The summed E-state index contributed by atoms with van der Waals surface area (Å²) in [6, 6.07) is 10.8. The molecule has 2 aromatic rings. The molecule has 0 radical (unpaired) electrons. The van der Waals surface area contributed by atoms with Crippen molar-refractivity contribution in [3.8, 4) is 11.6 Å². The monoisotopic (exact) mass is 286 g/mol. The molecule has 0 saturated carbocycles. The average molecular weight is 286 g/mol. The Morgan fingerprint density at radius 2 is 2.00 bits per heavy atom. The topological polar surface area (TPSA) is 74.4 Å². The van der Waals surface area contributed by atoms with Gasteiger partial charge in [-0.05, 0) is 49.7 Å². The standard InChI is InChI=1S/C16H18N2O3/c1-2-20-16(19)14-4-3-11-18-15(14)21-13-7-5-12(6-8-13)9-10-17/h3-8,11H,2,9-10,17H2,1H3.